The second-order valence-corrected chi connectivity index (χ2v) is 5.07. The molecule has 0 saturated carbocycles. The Morgan fingerprint density at radius 1 is 1.05 bits per heavy atom. The highest BCUT2D eigenvalue weighted by Crippen LogP contribution is 2.17. The number of hydrogen-bond donors (Lipinski definition) is 1. The molecule has 0 aliphatic carbocycles. The van der Waals surface area contributed by atoms with Crippen LogP contribution < -0.4 is 5.32 Å². The highest BCUT2D eigenvalue weighted by molar-refractivity contribution is 5.53. The summed E-state index contributed by atoms with van der Waals surface area (Å²) in [5.41, 5.74) is 2.96. The Morgan fingerprint density at radius 2 is 1.77 bits per heavy atom. The predicted octanol–water partition coefficient (Wildman–Crippen LogP) is 3.84. The lowest BCUT2D eigenvalue weighted by Crippen LogP contribution is -2.05. The van der Waals surface area contributed by atoms with Gasteiger partial charge in [-0.1, -0.05) is 22.9 Å². The molecule has 0 aliphatic rings. The summed E-state index contributed by atoms with van der Waals surface area (Å²) in [6.45, 7) is 2.68. The maximum Gasteiger partial charge on any atom is 0.257 e. The zero-order chi connectivity index (χ0) is 15.4. The molecular formula is C17H16FN3O. The van der Waals surface area contributed by atoms with Crippen LogP contribution in [0.2, 0.25) is 0 Å². The zero-order valence-corrected chi connectivity index (χ0v) is 12.2. The average Bonchev–Trinajstić information content (AvgIpc) is 2.99. The smallest absolute Gasteiger partial charge is 0.257 e. The highest BCUT2D eigenvalue weighted by Gasteiger charge is 2.08. The first-order valence-electron chi connectivity index (χ1n) is 7.10. The lowest BCUT2D eigenvalue weighted by atomic mass is 10.1. The van der Waals surface area contributed by atoms with E-state index in [4.69, 9.17) is 4.52 Å². The molecule has 3 aromatic rings. The van der Waals surface area contributed by atoms with Gasteiger partial charge in [0.2, 0.25) is 0 Å². The summed E-state index contributed by atoms with van der Waals surface area (Å²) in [4.78, 5) is 4.38. The van der Waals surface area contributed by atoms with Crippen LogP contribution in [0.3, 0.4) is 0 Å². The summed E-state index contributed by atoms with van der Waals surface area (Å²) >= 11 is 0. The van der Waals surface area contributed by atoms with Gasteiger partial charge in [-0.15, -0.1) is 0 Å². The number of rotatable bonds is 5. The molecule has 0 aliphatic heterocycles. The standard InChI is InChI=1S/C17H16FN3O/c1-12-2-4-13(5-3-12)17-20-16(21-22-17)10-11-19-15-8-6-14(18)7-9-15/h2-9,19H,10-11H2,1H3. The van der Waals surface area contributed by atoms with Gasteiger partial charge in [0.1, 0.15) is 5.82 Å². The molecule has 0 spiro atoms. The van der Waals surface area contributed by atoms with Crippen LogP contribution in [0.5, 0.6) is 0 Å². The molecule has 22 heavy (non-hydrogen) atoms. The number of aryl methyl sites for hydroxylation is 1. The minimum atomic E-state index is -0.244. The van der Waals surface area contributed by atoms with Gasteiger partial charge in [0.25, 0.3) is 5.89 Å². The fraction of sp³-hybridized carbons (Fsp3) is 0.176. The highest BCUT2D eigenvalue weighted by atomic mass is 19.1. The molecule has 0 amide bonds. The quantitative estimate of drug-likeness (QED) is 0.777. The van der Waals surface area contributed by atoms with Crippen molar-refractivity contribution in [2.45, 2.75) is 13.3 Å². The monoisotopic (exact) mass is 297 g/mol. The van der Waals surface area contributed by atoms with E-state index < -0.39 is 0 Å². The van der Waals surface area contributed by atoms with Gasteiger partial charge in [-0.2, -0.15) is 4.98 Å². The largest absolute Gasteiger partial charge is 0.385 e. The summed E-state index contributed by atoms with van der Waals surface area (Å²) in [7, 11) is 0. The summed E-state index contributed by atoms with van der Waals surface area (Å²) in [5.74, 6) is 0.924. The van der Waals surface area contributed by atoms with Crippen molar-refractivity contribution < 1.29 is 8.91 Å². The molecule has 2 aromatic carbocycles. The van der Waals surface area contributed by atoms with Crippen LogP contribution >= 0.6 is 0 Å². The SMILES string of the molecule is Cc1ccc(-c2nc(CCNc3ccc(F)cc3)no2)cc1. The maximum atomic E-state index is 12.8. The number of hydrogen-bond acceptors (Lipinski definition) is 4. The van der Waals surface area contributed by atoms with Crippen molar-refractivity contribution in [3.63, 3.8) is 0 Å². The van der Waals surface area contributed by atoms with E-state index in [-0.39, 0.29) is 5.82 Å². The van der Waals surface area contributed by atoms with E-state index in [1.54, 1.807) is 12.1 Å². The third kappa shape index (κ3) is 3.49. The number of anilines is 1. The Kier molecular flexibility index (Phi) is 4.14. The van der Waals surface area contributed by atoms with Crippen molar-refractivity contribution in [2.75, 3.05) is 11.9 Å². The van der Waals surface area contributed by atoms with Gasteiger partial charge in [0, 0.05) is 24.2 Å². The summed E-state index contributed by atoms with van der Waals surface area (Å²) in [5, 5.41) is 7.16. The minimum absolute atomic E-state index is 0.244. The second-order valence-electron chi connectivity index (χ2n) is 5.07. The van der Waals surface area contributed by atoms with Gasteiger partial charge in [-0.25, -0.2) is 4.39 Å². The number of halogens is 1. The van der Waals surface area contributed by atoms with Crippen LogP contribution in [0, 0.1) is 12.7 Å². The van der Waals surface area contributed by atoms with Crippen LogP contribution in [0.15, 0.2) is 53.1 Å². The molecule has 0 unspecified atom stereocenters. The van der Waals surface area contributed by atoms with Gasteiger partial charge in [0.05, 0.1) is 0 Å². The van der Waals surface area contributed by atoms with Gasteiger partial charge in [0.15, 0.2) is 5.82 Å². The maximum absolute atomic E-state index is 12.8. The third-order valence-corrected chi connectivity index (χ3v) is 3.29. The van der Waals surface area contributed by atoms with Gasteiger partial charge < -0.3 is 9.84 Å². The van der Waals surface area contributed by atoms with Crippen molar-refractivity contribution >= 4 is 5.69 Å². The average molecular weight is 297 g/mol. The lowest BCUT2D eigenvalue weighted by molar-refractivity contribution is 0.423. The molecule has 0 radical (unpaired) electrons. The molecule has 1 heterocycles. The minimum Gasteiger partial charge on any atom is -0.385 e. The van der Waals surface area contributed by atoms with E-state index in [1.807, 2.05) is 31.2 Å². The number of nitrogens with one attached hydrogen (secondary N) is 1. The fourth-order valence-electron chi connectivity index (χ4n) is 2.06. The Balaban J connectivity index is 1.57. The number of aromatic nitrogens is 2. The molecule has 0 atom stereocenters. The molecule has 1 N–H and O–H groups in total. The van der Waals surface area contributed by atoms with Crippen molar-refractivity contribution in [3.8, 4) is 11.5 Å². The number of benzene rings is 2. The van der Waals surface area contributed by atoms with E-state index in [0.717, 1.165) is 11.3 Å². The molecule has 112 valence electrons. The van der Waals surface area contributed by atoms with Crippen LogP contribution in [0.1, 0.15) is 11.4 Å². The van der Waals surface area contributed by atoms with Crippen molar-refractivity contribution in [3.05, 3.63) is 65.7 Å². The summed E-state index contributed by atoms with van der Waals surface area (Å²) in [6, 6.07) is 14.2. The molecule has 0 fully saturated rings. The Labute approximate surface area is 128 Å². The van der Waals surface area contributed by atoms with E-state index >= 15 is 0 Å². The normalized spacial score (nSPS) is 10.6. The molecule has 5 heteroatoms. The van der Waals surface area contributed by atoms with Crippen molar-refractivity contribution in [2.24, 2.45) is 0 Å². The van der Waals surface area contributed by atoms with Crippen LogP contribution in [0.25, 0.3) is 11.5 Å². The van der Waals surface area contributed by atoms with Gasteiger partial charge in [-0.05, 0) is 43.3 Å². The molecular weight excluding hydrogens is 281 g/mol. The van der Waals surface area contributed by atoms with E-state index in [0.29, 0.717) is 24.7 Å². The first-order chi connectivity index (χ1) is 10.7. The van der Waals surface area contributed by atoms with E-state index in [9.17, 15) is 4.39 Å². The predicted molar refractivity (Wildman–Crippen MR) is 83.1 cm³/mol. The number of nitrogens with zero attached hydrogens (tertiary/aromatic N) is 2. The molecule has 3 rings (SSSR count). The van der Waals surface area contributed by atoms with Crippen LogP contribution in [0.4, 0.5) is 10.1 Å². The first-order valence-corrected chi connectivity index (χ1v) is 7.10. The van der Waals surface area contributed by atoms with Gasteiger partial charge >= 0.3 is 0 Å². The third-order valence-electron chi connectivity index (χ3n) is 3.29. The summed E-state index contributed by atoms with van der Waals surface area (Å²) < 4.78 is 18.1. The first kappa shape index (κ1) is 14.3. The Hall–Kier alpha value is -2.69. The van der Waals surface area contributed by atoms with Crippen molar-refractivity contribution in [1.29, 1.82) is 0 Å². The van der Waals surface area contributed by atoms with Crippen LogP contribution in [-0.4, -0.2) is 16.7 Å². The second kappa shape index (κ2) is 6.39. The molecule has 4 nitrogen and oxygen atoms in total. The Morgan fingerprint density at radius 3 is 2.50 bits per heavy atom. The van der Waals surface area contributed by atoms with E-state index in [2.05, 4.69) is 15.5 Å². The van der Waals surface area contributed by atoms with E-state index in [1.165, 1.54) is 17.7 Å². The lowest BCUT2D eigenvalue weighted by Gasteiger charge is -2.03. The molecule has 0 bridgehead atoms. The molecule has 1 aromatic heterocycles. The molecule has 0 saturated heterocycles. The fourth-order valence-corrected chi connectivity index (χ4v) is 2.06. The Bertz CT molecular complexity index is 735. The van der Waals surface area contributed by atoms with Crippen molar-refractivity contribution in [1.82, 2.24) is 10.1 Å². The zero-order valence-electron chi connectivity index (χ0n) is 12.2. The topological polar surface area (TPSA) is 51.0 Å². The van der Waals surface area contributed by atoms with Gasteiger partial charge in [-0.3, -0.25) is 0 Å². The van der Waals surface area contributed by atoms with Crippen LogP contribution in [-0.2, 0) is 6.42 Å². The summed E-state index contributed by atoms with van der Waals surface area (Å²) in [6.07, 6.45) is 0.632.